The Hall–Kier alpha value is -2.84. The third-order valence-electron chi connectivity index (χ3n) is 5.88. The molecule has 3 aromatic heterocycles. The van der Waals surface area contributed by atoms with Crippen molar-refractivity contribution in [3.05, 3.63) is 90.3 Å². The molecule has 0 aliphatic carbocycles. The molecule has 0 N–H and O–H groups in total. The van der Waals surface area contributed by atoms with Gasteiger partial charge in [-0.1, -0.05) is 0 Å². The van der Waals surface area contributed by atoms with Crippen LogP contribution in [-0.2, 0) is 0 Å². The molecule has 0 saturated heterocycles. The van der Waals surface area contributed by atoms with Gasteiger partial charge in [0.05, 0.1) is 0 Å². The van der Waals surface area contributed by atoms with E-state index >= 15 is 0 Å². The number of benzene rings is 4. The molecule has 0 amide bonds. The van der Waals surface area contributed by atoms with Gasteiger partial charge in [0, 0.05) is 0 Å². The van der Waals surface area contributed by atoms with E-state index in [1.165, 1.54) is 56.9 Å². The zero-order valence-electron chi connectivity index (χ0n) is 15.4. The number of aromatic nitrogens is 1. The van der Waals surface area contributed by atoms with Gasteiger partial charge < -0.3 is 0 Å². The normalized spacial score (nSPS) is 12.1. The summed E-state index contributed by atoms with van der Waals surface area (Å²) in [5.74, 6) is 0. The quantitative estimate of drug-likeness (QED) is 0.229. The zero-order valence-corrected chi connectivity index (χ0v) is 18.0. The first-order valence-electron chi connectivity index (χ1n) is 9.70. The van der Waals surface area contributed by atoms with Crippen LogP contribution in [0, 0.1) is 0 Å². The maximum atomic E-state index is 2.52. The number of hydrogen-bond donors (Lipinski definition) is 0. The van der Waals surface area contributed by atoms with E-state index in [1.807, 2.05) is 11.3 Å². The van der Waals surface area contributed by atoms with Gasteiger partial charge in [0.15, 0.2) is 0 Å². The molecule has 0 spiro atoms. The monoisotopic (exact) mass is 453 g/mol. The molecule has 0 unspecified atom stereocenters. The second kappa shape index (κ2) is 5.84. The van der Waals surface area contributed by atoms with Crippen molar-refractivity contribution >= 4 is 77.0 Å². The fraction of sp³-hybridized carbons (Fsp3) is 0. The van der Waals surface area contributed by atoms with E-state index in [0.717, 1.165) is 0 Å². The molecule has 3 heteroatoms. The molecule has 0 aliphatic rings. The van der Waals surface area contributed by atoms with Crippen LogP contribution in [0.2, 0.25) is 0 Å². The topological polar surface area (TPSA) is 4.93 Å². The minimum absolute atomic E-state index is 0.323. The summed E-state index contributed by atoms with van der Waals surface area (Å²) >= 11 is 2.17. The number of rotatable bonds is 1. The summed E-state index contributed by atoms with van der Waals surface area (Å²) in [7, 11) is 0. The van der Waals surface area contributed by atoms with Crippen molar-refractivity contribution in [1.82, 2.24) is 4.57 Å². The zero-order chi connectivity index (χ0) is 18.9. The first-order valence-corrected chi connectivity index (χ1v) is 12.3. The van der Waals surface area contributed by atoms with Crippen LogP contribution < -0.4 is 0 Å². The average Bonchev–Trinajstić information content (AvgIpc) is 3.46. The van der Waals surface area contributed by atoms with Gasteiger partial charge in [0.1, 0.15) is 0 Å². The van der Waals surface area contributed by atoms with Crippen molar-refractivity contribution in [1.29, 1.82) is 0 Å². The molecule has 136 valence electrons. The van der Waals surface area contributed by atoms with Gasteiger partial charge in [0.25, 0.3) is 0 Å². The van der Waals surface area contributed by atoms with Crippen LogP contribution in [0.1, 0.15) is 0 Å². The molecule has 1 nitrogen and oxygen atoms in total. The molecule has 29 heavy (non-hydrogen) atoms. The van der Waals surface area contributed by atoms with Crippen LogP contribution in [0.3, 0.4) is 0 Å². The first-order chi connectivity index (χ1) is 14.4. The molecule has 4 aromatic carbocycles. The third-order valence-corrected chi connectivity index (χ3v) is 9.35. The molecule has 0 fully saturated rings. The Morgan fingerprint density at radius 3 is 2.45 bits per heavy atom. The Bertz CT molecular complexity index is 1710. The summed E-state index contributed by atoms with van der Waals surface area (Å²) in [5.41, 5.74) is 3.98. The predicted molar refractivity (Wildman–Crippen MR) is 128 cm³/mol. The van der Waals surface area contributed by atoms with Crippen molar-refractivity contribution < 1.29 is 0 Å². The number of nitrogens with zero attached hydrogens (tertiary/aromatic N) is 1. The standard InChI is InChI=1S/C26H15NSSe/c1-3-9-21-17(6-1)19-13-12-16-14-15-28-25(16)24(19)27(21)22-10-5-8-20-18-7-2-4-11-23(18)29-26(20)22/h1-15H. The second-order valence-corrected chi connectivity index (χ2v) is 10.5. The van der Waals surface area contributed by atoms with E-state index in [0.29, 0.717) is 14.5 Å². The molecular formula is C26H15NSSe. The molecule has 0 saturated carbocycles. The van der Waals surface area contributed by atoms with Crippen molar-refractivity contribution in [2.75, 3.05) is 0 Å². The van der Waals surface area contributed by atoms with Crippen molar-refractivity contribution in [3.63, 3.8) is 0 Å². The van der Waals surface area contributed by atoms with E-state index < -0.39 is 0 Å². The van der Waals surface area contributed by atoms with Gasteiger partial charge in [-0.3, -0.25) is 0 Å². The molecule has 0 atom stereocenters. The summed E-state index contributed by atoms with van der Waals surface area (Å²) < 4.78 is 6.89. The predicted octanol–water partition coefficient (Wildman–Crippen LogP) is 7.36. The van der Waals surface area contributed by atoms with Gasteiger partial charge in [-0.05, 0) is 0 Å². The van der Waals surface area contributed by atoms with Crippen molar-refractivity contribution in [2.45, 2.75) is 0 Å². The second-order valence-electron chi connectivity index (χ2n) is 7.41. The molecule has 0 aliphatic heterocycles. The Labute approximate surface area is 177 Å². The van der Waals surface area contributed by atoms with Crippen molar-refractivity contribution in [3.8, 4) is 5.69 Å². The summed E-state index contributed by atoms with van der Waals surface area (Å²) in [6, 6.07) is 31.4. The van der Waals surface area contributed by atoms with Crippen LogP contribution in [0.15, 0.2) is 90.3 Å². The van der Waals surface area contributed by atoms with Crippen LogP contribution in [0.5, 0.6) is 0 Å². The minimum atomic E-state index is 0.323. The Morgan fingerprint density at radius 2 is 1.48 bits per heavy atom. The third kappa shape index (κ3) is 2.10. The molecule has 0 radical (unpaired) electrons. The molecule has 0 bridgehead atoms. The maximum absolute atomic E-state index is 2.52. The number of hydrogen-bond acceptors (Lipinski definition) is 1. The summed E-state index contributed by atoms with van der Waals surface area (Å²) in [4.78, 5) is 0. The van der Waals surface area contributed by atoms with Gasteiger partial charge >= 0.3 is 178 Å². The fourth-order valence-electron chi connectivity index (χ4n) is 4.63. The van der Waals surface area contributed by atoms with Gasteiger partial charge in [0.2, 0.25) is 0 Å². The average molecular weight is 452 g/mol. The fourth-order valence-corrected chi connectivity index (χ4v) is 8.10. The summed E-state index contributed by atoms with van der Waals surface area (Å²) in [5, 5.41) is 9.03. The van der Waals surface area contributed by atoms with Crippen LogP contribution in [-0.4, -0.2) is 19.1 Å². The molecular weight excluding hydrogens is 437 g/mol. The van der Waals surface area contributed by atoms with E-state index in [9.17, 15) is 0 Å². The SMILES string of the molecule is c1ccc2c(c1)[se]c1c(-n3c4ccccc4c4ccc5ccsc5c43)cccc12. The van der Waals surface area contributed by atoms with E-state index in [1.54, 1.807) is 0 Å². The molecule has 7 aromatic rings. The number of thiophene rings is 1. The Kier molecular flexibility index (Phi) is 3.22. The first kappa shape index (κ1) is 16.0. The van der Waals surface area contributed by atoms with Gasteiger partial charge in [-0.2, -0.15) is 0 Å². The van der Waals surface area contributed by atoms with Crippen molar-refractivity contribution in [2.24, 2.45) is 0 Å². The van der Waals surface area contributed by atoms with Crippen LogP contribution in [0.4, 0.5) is 0 Å². The van der Waals surface area contributed by atoms with Crippen LogP contribution in [0.25, 0.3) is 56.9 Å². The summed E-state index contributed by atoms with van der Waals surface area (Å²) in [6.07, 6.45) is 0. The van der Waals surface area contributed by atoms with E-state index in [2.05, 4.69) is 94.9 Å². The Balaban J connectivity index is 1.75. The van der Waals surface area contributed by atoms with Gasteiger partial charge in [-0.25, -0.2) is 0 Å². The molecule has 3 heterocycles. The Morgan fingerprint density at radius 1 is 0.655 bits per heavy atom. The van der Waals surface area contributed by atoms with Crippen LogP contribution >= 0.6 is 11.3 Å². The van der Waals surface area contributed by atoms with E-state index in [-0.39, 0.29) is 0 Å². The number of para-hydroxylation sites is 1. The summed E-state index contributed by atoms with van der Waals surface area (Å²) in [6.45, 7) is 0. The molecule has 7 rings (SSSR count). The van der Waals surface area contributed by atoms with Gasteiger partial charge in [-0.15, -0.1) is 0 Å². The van der Waals surface area contributed by atoms with E-state index in [4.69, 9.17) is 0 Å². The number of fused-ring (bicyclic) bond motifs is 8.